The van der Waals surface area contributed by atoms with Gasteiger partial charge >= 0.3 is 0 Å². The lowest BCUT2D eigenvalue weighted by atomic mass is 9.99. The Balaban J connectivity index is 1.91. The first-order valence-corrected chi connectivity index (χ1v) is 6.32. The van der Waals surface area contributed by atoms with Crippen molar-refractivity contribution in [3.8, 4) is 0 Å². The fraction of sp³-hybridized carbons (Fsp3) is 0.636. The zero-order valence-electron chi connectivity index (χ0n) is 8.95. The van der Waals surface area contributed by atoms with E-state index in [-0.39, 0.29) is 5.78 Å². The maximum absolute atomic E-state index is 11.8. The first kappa shape index (κ1) is 10.8. The van der Waals surface area contributed by atoms with Crippen molar-refractivity contribution in [2.24, 2.45) is 0 Å². The van der Waals surface area contributed by atoms with Gasteiger partial charge in [0, 0.05) is 17.8 Å². The predicted molar refractivity (Wildman–Crippen MR) is 61.4 cm³/mol. The number of carbonyl (C=O) groups excluding carboxylic acids is 1. The molecule has 0 bridgehead atoms. The van der Waals surface area contributed by atoms with E-state index in [9.17, 15) is 4.79 Å². The average molecular weight is 224 g/mol. The third kappa shape index (κ3) is 2.86. The van der Waals surface area contributed by atoms with E-state index in [0.29, 0.717) is 18.2 Å². The molecule has 1 aromatic rings. The van der Waals surface area contributed by atoms with Crippen LogP contribution in [0.15, 0.2) is 5.38 Å². The molecule has 1 aromatic heterocycles. The van der Waals surface area contributed by atoms with Crippen molar-refractivity contribution in [2.75, 3.05) is 6.54 Å². The minimum atomic E-state index is 0.179. The smallest absolute Gasteiger partial charge is 0.183 e. The Morgan fingerprint density at radius 1 is 1.67 bits per heavy atom. The Morgan fingerprint density at radius 2 is 2.53 bits per heavy atom. The molecule has 1 fully saturated rings. The van der Waals surface area contributed by atoms with Crippen LogP contribution in [0.4, 0.5) is 0 Å². The number of nitrogens with one attached hydrogen (secondary N) is 1. The Morgan fingerprint density at radius 3 is 3.13 bits per heavy atom. The van der Waals surface area contributed by atoms with Gasteiger partial charge in [-0.2, -0.15) is 0 Å². The largest absolute Gasteiger partial charge is 0.314 e. The van der Waals surface area contributed by atoms with Crippen molar-refractivity contribution in [1.82, 2.24) is 10.3 Å². The SMILES string of the molecule is Cc1nc(C(=O)CC2CCCCN2)cs1. The Bertz CT molecular complexity index is 342. The molecule has 1 aliphatic heterocycles. The first-order chi connectivity index (χ1) is 7.25. The topological polar surface area (TPSA) is 42.0 Å². The molecule has 2 rings (SSSR count). The summed E-state index contributed by atoms with van der Waals surface area (Å²) in [4.78, 5) is 16.0. The van der Waals surface area contributed by atoms with Gasteiger partial charge in [0.2, 0.25) is 0 Å². The van der Waals surface area contributed by atoms with Crippen molar-refractivity contribution in [3.05, 3.63) is 16.1 Å². The molecule has 1 N–H and O–H groups in total. The summed E-state index contributed by atoms with van der Waals surface area (Å²) in [7, 11) is 0. The van der Waals surface area contributed by atoms with E-state index >= 15 is 0 Å². The highest BCUT2D eigenvalue weighted by atomic mass is 32.1. The van der Waals surface area contributed by atoms with Gasteiger partial charge in [0.05, 0.1) is 5.01 Å². The summed E-state index contributed by atoms with van der Waals surface area (Å²) in [5.41, 5.74) is 0.643. The van der Waals surface area contributed by atoms with Crippen LogP contribution >= 0.6 is 11.3 Å². The minimum Gasteiger partial charge on any atom is -0.314 e. The number of hydrogen-bond donors (Lipinski definition) is 1. The van der Waals surface area contributed by atoms with Crippen molar-refractivity contribution in [3.63, 3.8) is 0 Å². The number of aromatic nitrogens is 1. The van der Waals surface area contributed by atoms with Gasteiger partial charge in [-0.1, -0.05) is 6.42 Å². The molecule has 3 nitrogen and oxygen atoms in total. The summed E-state index contributed by atoms with van der Waals surface area (Å²) in [6.07, 6.45) is 4.19. The lowest BCUT2D eigenvalue weighted by Gasteiger charge is -2.22. The molecule has 1 saturated heterocycles. The second-order valence-electron chi connectivity index (χ2n) is 4.03. The van der Waals surface area contributed by atoms with Gasteiger partial charge in [0.1, 0.15) is 5.69 Å². The third-order valence-corrected chi connectivity index (χ3v) is 3.52. The van der Waals surface area contributed by atoms with E-state index in [1.165, 1.54) is 12.8 Å². The summed E-state index contributed by atoms with van der Waals surface area (Å²) in [5.74, 6) is 0.179. The van der Waals surface area contributed by atoms with Crippen molar-refractivity contribution in [2.45, 2.75) is 38.6 Å². The maximum atomic E-state index is 11.8. The minimum absolute atomic E-state index is 0.179. The van der Waals surface area contributed by atoms with Crippen molar-refractivity contribution < 1.29 is 4.79 Å². The van der Waals surface area contributed by atoms with Crippen molar-refractivity contribution in [1.29, 1.82) is 0 Å². The predicted octanol–water partition coefficient (Wildman–Crippen LogP) is 2.17. The highest BCUT2D eigenvalue weighted by Gasteiger charge is 2.18. The molecule has 0 spiro atoms. The van der Waals surface area contributed by atoms with Gasteiger partial charge in [-0.15, -0.1) is 11.3 Å². The normalized spacial score (nSPS) is 21.5. The highest BCUT2D eigenvalue weighted by molar-refractivity contribution is 7.09. The third-order valence-electron chi connectivity index (χ3n) is 2.75. The number of thiazole rings is 1. The Kier molecular flexibility index (Phi) is 3.49. The summed E-state index contributed by atoms with van der Waals surface area (Å²) in [6, 6.07) is 0.369. The fourth-order valence-corrected chi connectivity index (χ4v) is 2.54. The van der Waals surface area contributed by atoms with Gasteiger partial charge in [0.25, 0.3) is 0 Å². The molecule has 4 heteroatoms. The van der Waals surface area contributed by atoms with E-state index in [0.717, 1.165) is 18.0 Å². The second-order valence-corrected chi connectivity index (χ2v) is 5.09. The van der Waals surface area contributed by atoms with E-state index in [2.05, 4.69) is 10.3 Å². The molecule has 15 heavy (non-hydrogen) atoms. The van der Waals surface area contributed by atoms with Crippen LogP contribution in [0, 0.1) is 6.92 Å². The van der Waals surface area contributed by atoms with Crippen LogP contribution in [0.2, 0.25) is 0 Å². The van der Waals surface area contributed by atoms with E-state index in [4.69, 9.17) is 0 Å². The molecule has 2 heterocycles. The van der Waals surface area contributed by atoms with E-state index in [1.54, 1.807) is 11.3 Å². The zero-order chi connectivity index (χ0) is 10.7. The standard InChI is InChI=1S/C11H16N2OS/c1-8-13-10(7-15-8)11(14)6-9-4-2-3-5-12-9/h7,9,12H,2-6H2,1H3. The number of ketones is 1. The fourth-order valence-electron chi connectivity index (χ4n) is 1.92. The quantitative estimate of drug-likeness (QED) is 0.800. The Hall–Kier alpha value is -0.740. The second kappa shape index (κ2) is 4.86. The van der Waals surface area contributed by atoms with Gasteiger partial charge in [0.15, 0.2) is 5.78 Å². The maximum Gasteiger partial charge on any atom is 0.183 e. The molecule has 0 amide bonds. The zero-order valence-corrected chi connectivity index (χ0v) is 9.77. The monoisotopic (exact) mass is 224 g/mol. The number of nitrogens with zero attached hydrogens (tertiary/aromatic N) is 1. The lowest BCUT2D eigenvalue weighted by Crippen LogP contribution is -2.35. The molecular weight excluding hydrogens is 208 g/mol. The molecule has 0 aliphatic carbocycles. The van der Waals surface area contributed by atoms with Crippen LogP contribution in [0.3, 0.4) is 0 Å². The highest BCUT2D eigenvalue weighted by Crippen LogP contribution is 2.15. The van der Waals surface area contributed by atoms with Crippen LogP contribution in [-0.2, 0) is 0 Å². The number of carbonyl (C=O) groups is 1. The number of aryl methyl sites for hydroxylation is 1. The van der Waals surface area contributed by atoms with Gasteiger partial charge in [-0.05, 0) is 26.3 Å². The molecule has 0 saturated carbocycles. The summed E-state index contributed by atoms with van der Waals surface area (Å²) in [5, 5.41) is 6.21. The van der Waals surface area contributed by atoms with Gasteiger partial charge in [-0.3, -0.25) is 4.79 Å². The molecular formula is C11H16N2OS. The Labute approximate surface area is 93.9 Å². The molecule has 0 radical (unpaired) electrons. The number of Topliss-reactive ketones (excluding diaryl/α,β-unsaturated/α-hetero) is 1. The molecule has 1 atom stereocenters. The molecule has 0 aromatic carbocycles. The summed E-state index contributed by atoms with van der Waals surface area (Å²) < 4.78 is 0. The average Bonchev–Trinajstić information content (AvgIpc) is 2.66. The van der Waals surface area contributed by atoms with Crippen LogP contribution in [-0.4, -0.2) is 23.4 Å². The van der Waals surface area contributed by atoms with Gasteiger partial charge in [-0.25, -0.2) is 4.98 Å². The summed E-state index contributed by atoms with van der Waals surface area (Å²) in [6.45, 7) is 2.98. The number of piperidine rings is 1. The van der Waals surface area contributed by atoms with Crippen LogP contribution in [0.1, 0.15) is 41.2 Å². The van der Waals surface area contributed by atoms with E-state index < -0.39 is 0 Å². The number of hydrogen-bond acceptors (Lipinski definition) is 4. The first-order valence-electron chi connectivity index (χ1n) is 5.44. The van der Waals surface area contributed by atoms with Crippen LogP contribution in [0.25, 0.3) is 0 Å². The van der Waals surface area contributed by atoms with Crippen LogP contribution in [0.5, 0.6) is 0 Å². The molecule has 82 valence electrons. The van der Waals surface area contributed by atoms with E-state index in [1.807, 2.05) is 12.3 Å². The summed E-state index contributed by atoms with van der Waals surface area (Å²) >= 11 is 1.54. The van der Waals surface area contributed by atoms with Crippen molar-refractivity contribution >= 4 is 17.1 Å². The van der Waals surface area contributed by atoms with Gasteiger partial charge < -0.3 is 5.32 Å². The molecule has 1 aliphatic rings. The lowest BCUT2D eigenvalue weighted by molar-refractivity contribution is 0.0959. The number of rotatable bonds is 3. The molecule has 1 unspecified atom stereocenters. The van der Waals surface area contributed by atoms with Crippen LogP contribution < -0.4 is 5.32 Å².